The van der Waals surface area contributed by atoms with E-state index in [4.69, 9.17) is 18.9 Å². The predicted octanol–water partition coefficient (Wildman–Crippen LogP) is 2.86. The number of methoxy groups -OCH3 is 1. The lowest BCUT2D eigenvalue weighted by molar-refractivity contribution is -0.156. The fraction of sp³-hybridized carbons (Fsp3) is 0.391. The van der Waals surface area contributed by atoms with Gasteiger partial charge in [-0.2, -0.15) is 0 Å². The summed E-state index contributed by atoms with van der Waals surface area (Å²) in [4.78, 5) is 24.4. The number of esters is 1. The molecule has 2 aromatic rings. The maximum absolute atomic E-state index is 12.4. The summed E-state index contributed by atoms with van der Waals surface area (Å²) in [7, 11) is 1.52. The van der Waals surface area contributed by atoms with E-state index in [2.05, 4.69) is 5.32 Å². The van der Waals surface area contributed by atoms with Gasteiger partial charge in [-0.3, -0.25) is 0 Å². The molecule has 2 aromatic carbocycles. The van der Waals surface area contributed by atoms with Crippen molar-refractivity contribution in [2.24, 2.45) is 0 Å². The van der Waals surface area contributed by atoms with Crippen molar-refractivity contribution in [3.63, 3.8) is 0 Å². The number of alkyl carbamates (subject to hydrolysis) is 1. The highest BCUT2D eigenvalue weighted by atomic mass is 16.6. The summed E-state index contributed by atoms with van der Waals surface area (Å²) in [6.45, 7) is 4.18. The summed E-state index contributed by atoms with van der Waals surface area (Å²) >= 11 is 0. The van der Waals surface area contributed by atoms with E-state index in [1.165, 1.54) is 7.11 Å². The molecule has 2 N–H and O–H groups in total. The van der Waals surface area contributed by atoms with Gasteiger partial charge in [0.15, 0.2) is 17.6 Å². The zero-order chi connectivity index (χ0) is 22.6. The Kier molecular flexibility index (Phi) is 9.64. The molecule has 2 atom stereocenters. The number of carbonyl (C=O) groups excluding carboxylic acids is 2. The largest absolute Gasteiger partial charge is 0.493 e. The Morgan fingerprint density at radius 1 is 0.968 bits per heavy atom. The van der Waals surface area contributed by atoms with Crippen molar-refractivity contribution in [2.45, 2.75) is 39.0 Å². The summed E-state index contributed by atoms with van der Waals surface area (Å²) in [6, 6.07) is 13.4. The molecule has 0 saturated carbocycles. The Balaban J connectivity index is 2.13. The first-order chi connectivity index (χ1) is 15.0. The van der Waals surface area contributed by atoms with Crippen LogP contribution in [-0.2, 0) is 27.3 Å². The van der Waals surface area contributed by atoms with Gasteiger partial charge in [0.05, 0.1) is 26.4 Å². The lowest BCUT2D eigenvalue weighted by atomic mass is 10.0. The van der Waals surface area contributed by atoms with Crippen molar-refractivity contribution >= 4 is 12.1 Å². The summed E-state index contributed by atoms with van der Waals surface area (Å²) in [6.07, 6.45) is -2.19. The number of aliphatic hydroxyl groups is 1. The molecule has 0 saturated heterocycles. The lowest BCUT2D eigenvalue weighted by Gasteiger charge is -2.23. The lowest BCUT2D eigenvalue weighted by Crippen LogP contribution is -2.49. The van der Waals surface area contributed by atoms with E-state index < -0.39 is 24.2 Å². The van der Waals surface area contributed by atoms with E-state index in [1.54, 1.807) is 37.3 Å². The van der Waals surface area contributed by atoms with Gasteiger partial charge in [0.2, 0.25) is 0 Å². The molecule has 0 aliphatic rings. The minimum atomic E-state index is -1.59. The Bertz CT molecular complexity index is 841. The SMILES string of the molecule is CCOC(=O)NC(Cc1ccc(OCC)c(OC)c1)C(O)C(=O)OCc1ccccc1. The molecule has 0 aliphatic heterocycles. The number of carbonyl (C=O) groups is 2. The second-order valence-electron chi connectivity index (χ2n) is 6.63. The summed E-state index contributed by atoms with van der Waals surface area (Å²) in [5.41, 5.74) is 1.51. The van der Waals surface area contributed by atoms with Gasteiger partial charge in [0.1, 0.15) is 6.61 Å². The second-order valence-corrected chi connectivity index (χ2v) is 6.63. The monoisotopic (exact) mass is 431 g/mol. The highest BCUT2D eigenvalue weighted by molar-refractivity contribution is 5.77. The highest BCUT2D eigenvalue weighted by Gasteiger charge is 2.30. The van der Waals surface area contributed by atoms with Crippen LogP contribution in [0.25, 0.3) is 0 Å². The van der Waals surface area contributed by atoms with Crippen molar-refractivity contribution in [3.05, 3.63) is 59.7 Å². The van der Waals surface area contributed by atoms with Crippen LogP contribution in [0.2, 0.25) is 0 Å². The van der Waals surface area contributed by atoms with E-state index >= 15 is 0 Å². The van der Waals surface area contributed by atoms with Gasteiger partial charge in [0, 0.05) is 0 Å². The molecule has 0 bridgehead atoms. The van der Waals surface area contributed by atoms with Crippen LogP contribution in [0.4, 0.5) is 4.79 Å². The normalized spacial score (nSPS) is 12.4. The molecule has 2 unspecified atom stereocenters. The third-order valence-corrected chi connectivity index (χ3v) is 4.41. The second kappa shape index (κ2) is 12.4. The Morgan fingerprint density at radius 2 is 1.71 bits per heavy atom. The van der Waals surface area contributed by atoms with Crippen molar-refractivity contribution in [3.8, 4) is 11.5 Å². The van der Waals surface area contributed by atoms with Crippen molar-refractivity contribution in [1.29, 1.82) is 0 Å². The maximum Gasteiger partial charge on any atom is 0.407 e. The van der Waals surface area contributed by atoms with Crippen LogP contribution in [0.15, 0.2) is 48.5 Å². The molecule has 168 valence electrons. The molecule has 0 aromatic heterocycles. The van der Waals surface area contributed by atoms with Crippen LogP contribution in [0, 0.1) is 0 Å². The van der Waals surface area contributed by atoms with E-state index in [0.29, 0.717) is 18.1 Å². The van der Waals surface area contributed by atoms with Gasteiger partial charge in [-0.05, 0) is 43.5 Å². The number of benzene rings is 2. The zero-order valence-corrected chi connectivity index (χ0v) is 18.0. The first kappa shape index (κ1) is 24.0. The van der Waals surface area contributed by atoms with Crippen LogP contribution in [0.3, 0.4) is 0 Å². The Hall–Kier alpha value is -3.26. The first-order valence-electron chi connectivity index (χ1n) is 10.1. The Labute approximate surface area is 182 Å². The van der Waals surface area contributed by atoms with Crippen LogP contribution in [0.5, 0.6) is 11.5 Å². The minimum absolute atomic E-state index is 0.0136. The average molecular weight is 431 g/mol. The molecule has 0 spiro atoms. The van der Waals surface area contributed by atoms with E-state index in [-0.39, 0.29) is 19.6 Å². The number of amides is 1. The summed E-state index contributed by atoms with van der Waals surface area (Å²) in [5, 5.41) is 13.1. The van der Waals surface area contributed by atoms with Crippen LogP contribution >= 0.6 is 0 Å². The minimum Gasteiger partial charge on any atom is -0.493 e. The van der Waals surface area contributed by atoms with Crippen molar-refractivity contribution < 1.29 is 33.6 Å². The molecule has 2 rings (SSSR count). The topological polar surface area (TPSA) is 103 Å². The number of aliphatic hydroxyl groups excluding tert-OH is 1. The van der Waals surface area contributed by atoms with Gasteiger partial charge in [-0.1, -0.05) is 36.4 Å². The molecule has 1 amide bonds. The molecule has 0 aliphatic carbocycles. The van der Waals surface area contributed by atoms with Crippen molar-refractivity contribution in [1.82, 2.24) is 5.32 Å². The molecular weight excluding hydrogens is 402 g/mol. The maximum atomic E-state index is 12.4. The number of nitrogens with one attached hydrogen (secondary N) is 1. The summed E-state index contributed by atoms with van der Waals surface area (Å²) < 4.78 is 21.0. The van der Waals surface area contributed by atoms with Gasteiger partial charge < -0.3 is 29.4 Å². The molecule has 0 heterocycles. The predicted molar refractivity (Wildman–Crippen MR) is 114 cm³/mol. The average Bonchev–Trinajstić information content (AvgIpc) is 2.78. The van der Waals surface area contributed by atoms with Gasteiger partial charge >= 0.3 is 12.1 Å². The van der Waals surface area contributed by atoms with Crippen molar-refractivity contribution in [2.75, 3.05) is 20.3 Å². The molecule has 8 nitrogen and oxygen atoms in total. The van der Waals surface area contributed by atoms with E-state index in [0.717, 1.165) is 11.1 Å². The fourth-order valence-electron chi connectivity index (χ4n) is 2.91. The van der Waals surface area contributed by atoms with Gasteiger partial charge in [-0.15, -0.1) is 0 Å². The van der Waals surface area contributed by atoms with Gasteiger partial charge in [-0.25, -0.2) is 9.59 Å². The highest BCUT2D eigenvalue weighted by Crippen LogP contribution is 2.28. The molecule has 0 radical (unpaired) electrons. The zero-order valence-electron chi connectivity index (χ0n) is 18.0. The molecular formula is C23H29NO7. The third kappa shape index (κ3) is 7.49. The number of rotatable bonds is 11. The molecule has 31 heavy (non-hydrogen) atoms. The standard InChI is InChI=1S/C23H29NO7/c1-4-29-19-12-11-17(14-20(19)28-3)13-18(24-23(27)30-5-2)21(25)22(26)31-15-16-9-7-6-8-10-16/h6-12,14,18,21,25H,4-5,13,15H2,1-3H3,(H,24,27). The fourth-order valence-corrected chi connectivity index (χ4v) is 2.91. The van der Waals surface area contributed by atoms with E-state index in [9.17, 15) is 14.7 Å². The van der Waals surface area contributed by atoms with Crippen LogP contribution in [-0.4, -0.2) is 49.6 Å². The molecule has 0 fully saturated rings. The van der Waals surface area contributed by atoms with Crippen LogP contribution in [0.1, 0.15) is 25.0 Å². The smallest absolute Gasteiger partial charge is 0.407 e. The number of ether oxygens (including phenoxy) is 4. The molecule has 8 heteroatoms. The summed E-state index contributed by atoms with van der Waals surface area (Å²) in [5.74, 6) is 0.241. The quantitative estimate of drug-likeness (QED) is 0.527. The Morgan fingerprint density at radius 3 is 2.35 bits per heavy atom. The number of hydrogen-bond donors (Lipinski definition) is 2. The van der Waals surface area contributed by atoms with Gasteiger partial charge in [0.25, 0.3) is 0 Å². The third-order valence-electron chi connectivity index (χ3n) is 4.41. The first-order valence-corrected chi connectivity index (χ1v) is 10.1. The van der Waals surface area contributed by atoms with E-state index in [1.807, 2.05) is 25.1 Å². The van der Waals surface area contributed by atoms with Crippen LogP contribution < -0.4 is 14.8 Å². The number of hydrogen-bond acceptors (Lipinski definition) is 7.